The molecule has 0 fully saturated rings. The maximum absolute atomic E-state index is 13.0. The van der Waals surface area contributed by atoms with Crippen LogP contribution in [0.1, 0.15) is 0 Å². The highest BCUT2D eigenvalue weighted by Crippen LogP contribution is 2.15. The summed E-state index contributed by atoms with van der Waals surface area (Å²) in [6.07, 6.45) is 4.12. The van der Waals surface area contributed by atoms with Crippen LogP contribution in [-0.4, -0.2) is 16.0 Å². The van der Waals surface area contributed by atoms with E-state index in [4.69, 9.17) is 5.21 Å². The van der Waals surface area contributed by atoms with Crippen LogP contribution in [0.3, 0.4) is 0 Å². The molecule has 0 bridgehead atoms. The number of rotatable bonds is 4. The first-order valence-electron chi connectivity index (χ1n) is 4.41. The van der Waals surface area contributed by atoms with Gasteiger partial charge in [0.2, 0.25) is 5.69 Å². The topological polar surface area (TPSA) is 74.1 Å². The molecule has 0 aliphatic carbocycles. The Morgan fingerprint density at radius 2 is 2.44 bits per heavy atom. The van der Waals surface area contributed by atoms with Crippen molar-refractivity contribution in [3.05, 3.63) is 43.6 Å². The van der Waals surface area contributed by atoms with Crippen molar-refractivity contribution in [3.8, 4) is 0 Å². The summed E-state index contributed by atoms with van der Waals surface area (Å²) in [5.74, 6) is -0.787. The van der Waals surface area contributed by atoms with E-state index in [1.54, 1.807) is 6.07 Å². The van der Waals surface area contributed by atoms with Gasteiger partial charge in [0.15, 0.2) is 11.7 Å². The molecule has 84 valence electrons. The summed E-state index contributed by atoms with van der Waals surface area (Å²) in [6.45, 7) is 6.49. The van der Waals surface area contributed by atoms with Crippen molar-refractivity contribution in [3.63, 3.8) is 0 Å². The molecule has 1 heterocycles. The van der Waals surface area contributed by atoms with Gasteiger partial charge in [0.25, 0.3) is 0 Å². The lowest BCUT2D eigenvalue weighted by Gasteiger charge is -2.07. The maximum atomic E-state index is 13.0. The number of nitrogens with zero attached hydrogens (tertiary/aromatic N) is 2. The van der Waals surface area contributed by atoms with E-state index >= 15 is 0 Å². The van der Waals surface area contributed by atoms with Crippen LogP contribution >= 0.6 is 0 Å². The van der Waals surface area contributed by atoms with E-state index in [9.17, 15) is 4.39 Å². The number of nitrogens with one attached hydrogen (secondary N) is 1. The van der Waals surface area contributed by atoms with Crippen molar-refractivity contribution < 1.29 is 15.1 Å². The van der Waals surface area contributed by atoms with Gasteiger partial charge in [0.05, 0.1) is 6.20 Å². The van der Waals surface area contributed by atoms with Gasteiger partial charge in [-0.1, -0.05) is 13.2 Å². The Morgan fingerprint density at radius 3 is 3.00 bits per heavy atom. The molecule has 0 amide bonds. The molecule has 6 heteroatoms. The molecule has 1 aromatic rings. The van der Waals surface area contributed by atoms with Gasteiger partial charge in [-0.3, -0.25) is 4.98 Å². The van der Waals surface area contributed by atoms with Crippen LogP contribution < -0.4 is 10.8 Å². The van der Waals surface area contributed by atoms with E-state index in [1.165, 1.54) is 18.6 Å². The van der Waals surface area contributed by atoms with E-state index in [2.05, 4.69) is 28.5 Å². The summed E-state index contributed by atoms with van der Waals surface area (Å²) < 4.78 is 13.0. The van der Waals surface area contributed by atoms with E-state index in [0.717, 1.165) is 5.48 Å². The number of halogens is 1. The minimum atomic E-state index is -0.722. The predicted octanol–water partition coefficient (Wildman–Crippen LogP) is 1.10. The summed E-state index contributed by atoms with van der Waals surface area (Å²) in [5.41, 5.74) is 1.75. The van der Waals surface area contributed by atoms with Crippen LogP contribution in [0.4, 0.5) is 15.8 Å². The molecule has 0 saturated carbocycles. The Bertz CT molecular complexity index is 431. The number of amidine groups is 1. The summed E-state index contributed by atoms with van der Waals surface area (Å²) in [5, 5.41) is 11.6. The van der Waals surface area contributed by atoms with E-state index < -0.39 is 5.83 Å². The number of hydrogen-bond donors (Lipinski definition) is 3. The predicted molar refractivity (Wildman–Crippen MR) is 59.1 cm³/mol. The monoisotopic (exact) mass is 223 g/mol. The van der Waals surface area contributed by atoms with Crippen LogP contribution in [0, 0.1) is 0 Å². The number of nitrogens with two attached hydrogens (primary N) is 1. The number of anilines is 1. The lowest BCUT2D eigenvalue weighted by molar-refractivity contribution is -0.825. The average Bonchev–Trinajstić information content (AvgIpc) is 2.29. The lowest BCUT2D eigenvalue weighted by atomic mass is 10.3. The van der Waals surface area contributed by atoms with Gasteiger partial charge >= 0.3 is 0 Å². The summed E-state index contributed by atoms with van der Waals surface area (Å²) in [4.78, 5) is 7.48. The Labute approximate surface area is 92.0 Å². The number of hydrogen-bond acceptors (Lipinski definition) is 3. The average molecular weight is 223 g/mol. The first-order valence-corrected chi connectivity index (χ1v) is 4.41. The zero-order chi connectivity index (χ0) is 12.0. The minimum absolute atomic E-state index is 0.0655. The molecular formula is C10H12FN4O+. The Morgan fingerprint density at radius 1 is 1.69 bits per heavy atom. The van der Waals surface area contributed by atoms with Crippen LogP contribution in [-0.2, 0) is 0 Å². The molecule has 1 aromatic heterocycles. The fraction of sp³-hybridized carbons (Fsp3) is 0. The molecule has 4 N–H and O–H groups in total. The van der Waals surface area contributed by atoms with Crippen LogP contribution in [0.5, 0.6) is 0 Å². The molecule has 16 heavy (non-hydrogen) atoms. The third kappa shape index (κ3) is 2.97. The van der Waals surface area contributed by atoms with Crippen molar-refractivity contribution in [1.29, 1.82) is 0 Å². The molecule has 0 radical (unpaired) electrons. The normalized spacial score (nSPS) is 11.0. The van der Waals surface area contributed by atoms with E-state index in [-0.39, 0.29) is 5.84 Å². The van der Waals surface area contributed by atoms with Gasteiger partial charge in [-0.2, -0.15) is 5.48 Å². The van der Waals surface area contributed by atoms with Crippen LogP contribution in [0.25, 0.3) is 0 Å². The third-order valence-electron chi connectivity index (χ3n) is 1.72. The van der Waals surface area contributed by atoms with Crippen LogP contribution in [0.15, 0.2) is 48.6 Å². The highest BCUT2D eigenvalue weighted by Gasteiger charge is 2.09. The number of aromatic nitrogens is 1. The molecule has 0 aromatic carbocycles. The fourth-order valence-electron chi connectivity index (χ4n) is 1.01. The van der Waals surface area contributed by atoms with Crippen LogP contribution in [0.2, 0.25) is 0 Å². The molecule has 0 unspecified atom stereocenters. The number of pyridine rings is 1. The second kappa shape index (κ2) is 5.74. The highest BCUT2D eigenvalue weighted by molar-refractivity contribution is 6.07. The van der Waals surface area contributed by atoms with Gasteiger partial charge < -0.3 is 5.32 Å². The Hall–Kier alpha value is -2.05. The molecular weight excluding hydrogens is 211 g/mol. The van der Waals surface area contributed by atoms with Crippen molar-refractivity contribution in [2.45, 2.75) is 0 Å². The standard InChI is InChI=1S/C10H11FN4O/c1-3-13-10(7(2)11)14-8-4-5-12-6-9(8)15-16/h3-6,15-16H,1-2H2,(H,12,13,14)/p+1. The largest absolute Gasteiger partial charge is 0.333 e. The zero-order valence-corrected chi connectivity index (χ0v) is 8.52. The van der Waals surface area contributed by atoms with Crippen molar-refractivity contribution in [2.24, 2.45) is 4.99 Å². The van der Waals surface area contributed by atoms with Gasteiger partial charge in [-0.25, -0.2) is 14.6 Å². The molecule has 5 nitrogen and oxygen atoms in total. The molecule has 1 rings (SSSR count). The lowest BCUT2D eigenvalue weighted by Crippen LogP contribution is -2.74. The molecule has 0 aliphatic heterocycles. The van der Waals surface area contributed by atoms with Gasteiger partial charge in [-0.15, -0.1) is 0 Å². The van der Waals surface area contributed by atoms with Crippen molar-refractivity contribution >= 4 is 17.2 Å². The first kappa shape index (κ1) is 12.0. The van der Waals surface area contributed by atoms with Gasteiger partial charge in [0.1, 0.15) is 5.69 Å². The number of aliphatic imine (C=N–C) groups is 1. The van der Waals surface area contributed by atoms with Gasteiger partial charge in [0, 0.05) is 12.4 Å². The molecule has 0 spiro atoms. The van der Waals surface area contributed by atoms with Crippen molar-refractivity contribution in [2.75, 3.05) is 5.32 Å². The molecule has 0 aliphatic rings. The quantitative estimate of drug-likeness (QED) is 0.406. The summed E-state index contributed by atoms with van der Waals surface area (Å²) in [6, 6.07) is 1.57. The fourth-order valence-corrected chi connectivity index (χ4v) is 1.01. The van der Waals surface area contributed by atoms with Crippen molar-refractivity contribution in [1.82, 2.24) is 4.98 Å². The Balaban J connectivity index is 2.98. The first-order chi connectivity index (χ1) is 7.69. The SMILES string of the molecule is C=CN=C(Nc1ccncc1[NH2+]O)C(=C)F. The zero-order valence-electron chi connectivity index (χ0n) is 8.52. The molecule has 0 atom stereocenters. The Kier molecular flexibility index (Phi) is 4.31. The molecule has 0 saturated heterocycles. The second-order valence-electron chi connectivity index (χ2n) is 2.78. The highest BCUT2D eigenvalue weighted by atomic mass is 19.1. The second-order valence-corrected chi connectivity index (χ2v) is 2.78. The summed E-state index contributed by atoms with van der Waals surface area (Å²) >= 11 is 0. The third-order valence-corrected chi connectivity index (χ3v) is 1.72. The number of quaternary nitrogens is 1. The smallest absolute Gasteiger partial charge is 0.203 e. The van der Waals surface area contributed by atoms with Gasteiger partial charge in [-0.05, 0) is 6.07 Å². The van der Waals surface area contributed by atoms with E-state index in [1.807, 2.05) is 0 Å². The van der Waals surface area contributed by atoms with E-state index in [0.29, 0.717) is 11.4 Å². The minimum Gasteiger partial charge on any atom is -0.333 e. The summed E-state index contributed by atoms with van der Waals surface area (Å²) in [7, 11) is 0. The maximum Gasteiger partial charge on any atom is 0.203 e.